The Labute approximate surface area is 99.7 Å². The maximum Gasteiger partial charge on any atom is 0.0991 e. The molecule has 1 aromatic carbocycles. The Morgan fingerprint density at radius 1 is 1.24 bits per heavy atom. The molecule has 1 aromatic heterocycles. The molecule has 0 spiro atoms. The molecule has 0 fully saturated rings. The van der Waals surface area contributed by atoms with Gasteiger partial charge in [0.05, 0.1) is 24.3 Å². The quantitative estimate of drug-likeness (QED) is 0.834. The predicted octanol–water partition coefficient (Wildman–Crippen LogP) is 1.64. The molecule has 0 saturated carbocycles. The normalized spacial score (nSPS) is 11.8. The van der Waals surface area contributed by atoms with Crippen molar-refractivity contribution in [3.8, 4) is 6.07 Å². The van der Waals surface area contributed by atoms with E-state index in [2.05, 4.69) is 5.43 Å². The van der Waals surface area contributed by atoms with E-state index in [4.69, 9.17) is 5.26 Å². The van der Waals surface area contributed by atoms with Crippen LogP contribution in [0, 0.1) is 11.3 Å². The summed E-state index contributed by atoms with van der Waals surface area (Å²) in [5, 5.41) is 18.6. The lowest BCUT2D eigenvalue weighted by molar-refractivity contribution is 0.188. The van der Waals surface area contributed by atoms with Crippen molar-refractivity contribution < 1.29 is 5.11 Å². The van der Waals surface area contributed by atoms with Crippen molar-refractivity contribution in [1.29, 1.82) is 5.26 Å². The first-order valence-electron chi connectivity index (χ1n) is 5.34. The Kier molecular flexibility index (Phi) is 3.43. The number of rotatable bonds is 4. The molecule has 0 radical (unpaired) electrons. The van der Waals surface area contributed by atoms with Crippen LogP contribution in [0.5, 0.6) is 0 Å². The molecule has 0 saturated heterocycles. The van der Waals surface area contributed by atoms with Gasteiger partial charge in [-0.3, -0.25) is 4.68 Å². The summed E-state index contributed by atoms with van der Waals surface area (Å²) in [7, 11) is 0. The summed E-state index contributed by atoms with van der Waals surface area (Å²) in [6.07, 6.45) is 3.14. The fraction of sp³-hybridized carbons (Fsp3) is 0.154. The number of hydrogen-bond donors (Lipinski definition) is 2. The Bertz CT molecular complexity index is 496. The second kappa shape index (κ2) is 5.19. The molecule has 2 rings (SSSR count). The minimum atomic E-state index is -0.592. The van der Waals surface area contributed by atoms with Crippen molar-refractivity contribution in [3.05, 3.63) is 59.9 Å². The first-order chi connectivity index (χ1) is 8.29. The third-order valence-corrected chi connectivity index (χ3v) is 2.50. The number of nitriles is 1. The van der Waals surface area contributed by atoms with Crippen molar-refractivity contribution in [2.45, 2.75) is 6.10 Å². The van der Waals surface area contributed by atoms with Gasteiger partial charge in [-0.05, 0) is 29.8 Å². The monoisotopic (exact) mass is 227 g/mol. The number of benzene rings is 1. The molecule has 17 heavy (non-hydrogen) atoms. The van der Waals surface area contributed by atoms with E-state index >= 15 is 0 Å². The summed E-state index contributed by atoms with van der Waals surface area (Å²) >= 11 is 0. The van der Waals surface area contributed by atoms with Gasteiger partial charge >= 0.3 is 0 Å². The lowest BCUT2D eigenvalue weighted by atomic mass is 10.1. The molecule has 0 aliphatic heterocycles. The molecule has 4 nitrogen and oxygen atoms in total. The van der Waals surface area contributed by atoms with Gasteiger partial charge in [0, 0.05) is 12.4 Å². The Morgan fingerprint density at radius 3 is 2.47 bits per heavy atom. The van der Waals surface area contributed by atoms with Gasteiger partial charge in [0.2, 0.25) is 0 Å². The third kappa shape index (κ3) is 2.86. The van der Waals surface area contributed by atoms with E-state index in [1.54, 1.807) is 28.9 Å². The Balaban J connectivity index is 1.95. The standard InChI is InChI=1S/C13H13N3O/c14-9-11-3-5-12(6-4-11)13(17)10-15-16-7-1-2-8-16/h1-8,13,15,17H,10H2. The van der Waals surface area contributed by atoms with E-state index in [0.29, 0.717) is 12.1 Å². The van der Waals surface area contributed by atoms with Crippen LogP contribution in [0.4, 0.5) is 0 Å². The highest BCUT2D eigenvalue weighted by atomic mass is 16.3. The SMILES string of the molecule is N#Cc1ccc(C(O)CNn2cccc2)cc1. The average molecular weight is 227 g/mol. The summed E-state index contributed by atoms with van der Waals surface area (Å²) in [6.45, 7) is 0.417. The topological polar surface area (TPSA) is 61.0 Å². The van der Waals surface area contributed by atoms with Crippen LogP contribution in [0.2, 0.25) is 0 Å². The fourth-order valence-corrected chi connectivity index (χ4v) is 1.53. The van der Waals surface area contributed by atoms with Crippen LogP contribution >= 0.6 is 0 Å². The number of aliphatic hydroxyl groups excluding tert-OH is 1. The molecule has 2 N–H and O–H groups in total. The third-order valence-electron chi connectivity index (χ3n) is 2.50. The summed E-state index contributed by atoms with van der Waals surface area (Å²) in [6, 6.07) is 12.8. The van der Waals surface area contributed by atoms with Gasteiger partial charge in [-0.1, -0.05) is 12.1 Å². The Hall–Kier alpha value is -2.25. The number of hydrogen-bond acceptors (Lipinski definition) is 3. The lowest BCUT2D eigenvalue weighted by Crippen LogP contribution is -2.19. The highest BCUT2D eigenvalue weighted by Gasteiger charge is 2.06. The summed E-state index contributed by atoms with van der Waals surface area (Å²) < 4.78 is 1.78. The maximum atomic E-state index is 9.92. The molecule has 1 heterocycles. The largest absolute Gasteiger partial charge is 0.387 e. The highest BCUT2D eigenvalue weighted by molar-refractivity contribution is 5.32. The zero-order valence-electron chi connectivity index (χ0n) is 9.24. The van der Waals surface area contributed by atoms with E-state index in [1.165, 1.54) is 0 Å². The average Bonchev–Trinajstić information content (AvgIpc) is 2.89. The second-order valence-electron chi connectivity index (χ2n) is 3.70. The molecular formula is C13H13N3O. The summed E-state index contributed by atoms with van der Waals surface area (Å²) in [5.41, 5.74) is 4.44. The van der Waals surface area contributed by atoms with Crippen molar-refractivity contribution in [2.24, 2.45) is 0 Å². The fourth-order valence-electron chi connectivity index (χ4n) is 1.53. The first kappa shape index (κ1) is 11.2. The number of nitrogens with zero attached hydrogens (tertiary/aromatic N) is 2. The van der Waals surface area contributed by atoms with E-state index in [-0.39, 0.29) is 0 Å². The smallest absolute Gasteiger partial charge is 0.0991 e. The number of aromatic nitrogens is 1. The summed E-state index contributed by atoms with van der Waals surface area (Å²) in [4.78, 5) is 0. The molecule has 1 atom stereocenters. The minimum absolute atomic E-state index is 0.417. The first-order valence-corrected chi connectivity index (χ1v) is 5.34. The van der Waals surface area contributed by atoms with Gasteiger partial charge < -0.3 is 10.5 Å². The van der Waals surface area contributed by atoms with E-state index in [9.17, 15) is 5.11 Å². The van der Waals surface area contributed by atoms with Gasteiger partial charge in [0.15, 0.2) is 0 Å². The molecule has 0 bridgehead atoms. The van der Waals surface area contributed by atoms with Gasteiger partial charge in [0.25, 0.3) is 0 Å². The van der Waals surface area contributed by atoms with Crippen LogP contribution in [0.25, 0.3) is 0 Å². The van der Waals surface area contributed by atoms with Crippen LogP contribution < -0.4 is 5.43 Å². The van der Waals surface area contributed by atoms with E-state index in [1.807, 2.05) is 30.6 Å². The predicted molar refractivity (Wildman–Crippen MR) is 64.8 cm³/mol. The van der Waals surface area contributed by atoms with Gasteiger partial charge in [0.1, 0.15) is 0 Å². The van der Waals surface area contributed by atoms with Gasteiger partial charge in [-0.25, -0.2) is 0 Å². The molecular weight excluding hydrogens is 214 g/mol. The van der Waals surface area contributed by atoms with Gasteiger partial charge in [-0.15, -0.1) is 0 Å². The lowest BCUT2D eigenvalue weighted by Gasteiger charge is -2.13. The Morgan fingerprint density at radius 2 is 1.88 bits per heavy atom. The van der Waals surface area contributed by atoms with E-state index < -0.39 is 6.10 Å². The molecule has 4 heteroatoms. The zero-order chi connectivity index (χ0) is 12.1. The van der Waals surface area contributed by atoms with Crippen LogP contribution in [0.15, 0.2) is 48.8 Å². The maximum absolute atomic E-state index is 9.92. The molecule has 0 aliphatic rings. The van der Waals surface area contributed by atoms with Crippen molar-refractivity contribution in [2.75, 3.05) is 12.0 Å². The van der Waals surface area contributed by atoms with Crippen molar-refractivity contribution >= 4 is 0 Å². The van der Waals surface area contributed by atoms with Gasteiger partial charge in [-0.2, -0.15) is 5.26 Å². The van der Waals surface area contributed by atoms with E-state index in [0.717, 1.165) is 5.56 Å². The van der Waals surface area contributed by atoms with Crippen LogP contribution in [-0.4, -0.2) is 16.3 Å². The molecule has 0 aliphatic carbocycles. The molecule has 86 valence electrons. The van der Waals surface area contributed by atoms with Crippen molar-refractivity contribution in [3.63, 3.8) is 0 Å². The van der Waals surface area contributed by atoms with Crippen molar-refractivity contribution in [1.82, 2.24) is 4.68 Å². The minimum Gasteiger partial charge on any atom is -0.387 e. The highest BCUT2D eigenvalue weighted by Crippen LogP contribution is 2.12. The second-order valence-corrected chi connectivity index (χ2v) is 3.70. The van der Waals surface area contributed by atoms with Crippen LogP contribution in [0.1, 0.15) is 17.2 Å². The number of aliphatic hydroxyl groups is 1. The molecule has 2 aromatic rings. The van der Waals surface area contributed by atoms with Crippen LogP contribution in [0.3, 0.4) is 0 Å². The molecule has 1 unspecified atom stereocenters. The van der Waals surface area contributed by atoms with Crippen LogP contribution in [-0.2, 0) is 0 Å². The summed E-state index contributed by atoms with van der Waals surface area (Å²) in [5.74, 6) is 0. The number of nitrogens with one attached hydrogen (secondary N) is 1. The molecule has 0 amide bonds. The zero-order valence-corrected chi connectivity index (χ0v) is 9.24.